The van der Waals surface area contributed by atoms with Crippen molar-refractivity contribution in [3.8, 4) is 0 Å². The number of nitrogens with one attached hydrogen (secondary N) is 1. The number of anilines is 1. The van der Waals surface area contributed by atoms with Crippen LogP contribution in [-0.4, -0.2) is 24.7 Å². The Morgan fingerprint density at radius 1 is 1.40 bits per heavy atom. The highest BCUT2D eigenvalue weighted by molar-refractivity contribution is 9.10. The number of hydrogen-bond acceptors (Lipinski definition) is 2. The molecule has 1 aliphatic heterocycles. The fourth-order valence-corrected chi connectivity index (χ4v) is 4.17. The molecule has 3 rings (SSSR count). The van der Waals surface area contributed by atoms with Crippen LogP contribution >= 0.6 is 15.9 Å². The minimum absolute atomic E-state index is 0.156. The average molecular weight is 341 g/mol. The van der Waals surface area contributed by atoms with Gasteiger partial charge in [-0.15, -0.1) is 0 Å². The Morgan fingerprint density at radius 3 is 2.85 bits per heavy atom. The second-order valence-corrected chi connectivity index (χ2v) is 7.01. The zero-order valence-electron chi connectivity index (χ0n) is 12.0. The van der Waals surface area contributed by atoms with E-state index in [0.717, 1.165) is 29.7 Å². The van der Waals surface area contributed by atoms with Gasteiger partial charge in [-0.3, -0.25) is 0 Å². The van der Waals surface area contributed by atoms with Gasteiger partial charge in [-0.2, -0.15) is 0 Å². The smallest absolute Gasteiger partial charge is 0.125 e. The summed E-state index contributed by atoms with van der Waals surface area (Å²) in [4.78, 5) is 2.41. The quantitative estimate of drug-likeness (QED) is 0.872. The van der Waals surface area contributed by atoms with Crippen molar-refractivity contribution in [1.29, 1.82) is 0 Å². The Kier molecular flexibility index (Phi) is 4.04. The van der Waals surface area contributed by atoms with Crippen molar-refractivity contribution >= 4 is 21.6 Å². The largest absolute Gasteiger partial charge is 0.364 e. The van der Waals surface area contributed by atoms with E-state index in [9.17, 15) is 4.39 Å². The SMILES string of the molecule is CCC1CNC2(CCCC2)CN1c1cc(F)ccc1Br. The molecule has 1 N–H and O–H groups in total. The van der Waals surface area contributed by atoms with Gasteiger partial charge in [-0.25, -0.2) is 4.39 Å². The Morgan fingerprint density at radius 2 is 2.15 bits per heavy atom. The van der Waals surface area contributed by atoms with Gasteiger partial charge in [0.2, 0.25) is 0 Å². The highest BCUT2D eigenvalue weighted by Crippen LogP contribution is 2.38. The lowest BCUT2D eigenvalue weighted by atomic mass is 9.91. The second kappa shape index (κ2) is 5.64. The molecule has 1 saturated heterocycles. The first kappa shape index (κ1) is 14.3. The minimum Gasteiger partial charge on any atom is -0.364 e. The molecule has 1 atom stereocenters. The van der Waals surface area contributed by atoms with Gasteiger partial charge in [-0.1, -0.05) is 19.8 Å². The number of rotatable bonds is 2. The van der Waals surface area contributed by atoms with E-state index in [1.165, 1.54) is 31.7 Å². The first-order valence-corrected chi connectivity index (χ1v) is 8.39. The van der Waals surface area contributed by atoms with E-state index >= 15 is 0 Å². The first-order valence-electron chi connectivity index (χ1n) is 7.60. The molecule has 0 radical (unpaired) electrons. The van der Waals surface area contributed by atoms with Crippen LogP contribution in [0.3, 0.4) is 0 Å². The van der Waals surface area contributed by atoms with Crippen molar-refractivity contribution in [2.24, 2.45) is 0 Å². The number of halogens is 2. The summed E-state index contributed by atoms with van der Waals surface area (Å²) >= 11 is 3.59. The molecule has 1 unspecified atom stereocenters. The second-order valence-electron chi connectivity index (χ2n) is 6.15. The van der Waals surface area contributed by atoms with Crippen LogP contribution in [0.2, 0.25) is 0 Å². The molecule has 1 aromatic carbocycles. The van der Waals surface area contributed by atoms with Gasteiger partial charge in [0.05, 0.1) is 5.69 Å². The van der Waals surface area contributed by atoms with Crippen molar-refractivity contribution in [2.45, 2.75) is 50.6 Å². The van der Waals surface area contributed by atoms with Crippen molar-refractivity contribution in [3.05, 3.63) is 28.5 Å². The molecule has 4 heteroatoms. The van der Waals surface area contributed by atoms with E-state index in [0.29, 0.717) is 6.04 Å². The molecule has 2 aliphatic rings. The summed E-state index contributed by atoms with van der Waals surface area (Å²) in [5.74, 6) is -0.156. The summed E-state index contributed by atoms with van der Waals surface area (Å²) in [6, 6.07) is 5.45. The number of piperazine rings is 1. The molecule has 1 aliphatic carbocycles. The first-order chi connectivity index (χ1) is 9.63. The van der Waals surface area contributed by atoms with Crippen LogP contribution < -0.4 is 10.2 Å². The normalized spacial score (nSPS) is 25.4. The van der Waals surface area contributed by atoms with Gasteiger partial charge < -0.3 is 10.2 Å². The monoisotopic (exact) mass is 340 g/mol. The third-order valence-corrected chi connectivity index (χ3v) is 5.55. The molecule has 0 aromatic heterocycles. The van der Waals surface area contributed by atoms with E-state index in [1.54, 1.807) is 6.07 Å². The molecular weight excluding hydrogens is 319 g/mol. The Balaban J connectivity index is 1.92. The van der Waals surface area contributed by atoms with Crippen molar-refractivity contribution in [3.63, 3.8) is 0 Å². The van der Waals surface area contributed by atoms with E-state index < -0.39 is 0 Å². The maximum absolute atomic E-state index is 13.6. The van der Waals surface area contributed by atoms with Gasteiger partial charge in [0.1, 0.15) is 5.82 Å². The van der Waals surface area contributed by atoms with E-state index in [2.05, 4.69) is 33.1 Å². The molecule has 2 fully saturated rings. The summed E-state index contributed by atoms with van der Waals surface area (Å²) in [7, 11) is 0. The third kappa shape index (κ3) is 2.60. The van der Waals surface area contributed by atoms with Crippen LogP contribution in [0, 0.1) is 5.82 Å². The maximum atomic E-state index is 13.6. The van der Waals surface area contributed by atoms with Crippen LogP contribution in [0.15, 0.2) is 22.7 Å². The molecule has 0 amide bonds. The van der Waals surface area contributed by atoms with Gasteiger partial charge >= 0.3 is 0 Å². The van der Waals surface area contributed by atoms with Gasteiger partial charge in [0, 0.05) is 29.1 Å². The Hall–Kier alpha value is -0.610. The summed E-state index contributed by atoms with van der Waals surface area (Å²) in [5.41, 5.74) is 1.25. The molecule has 1 spiro atoms. The van der Waals surface area contributed by atoms with Crippen molar-refractivity contribution < 1.29 is 4.39 Å². The zero-order chi connectivity index (χ0) is 14.2. The molecular formula is C16H22BrFN2. The maximum Gasteiger partial charge on any atom is 0.125 e. The Bertz CT molecular complexity index is 485. The molecule has 0 bridgehead atoms. The predicted molar refractivity (Wildman–Crippen MR) is 84.7 cm³/mol. The van der Waals surface area contributed by atoms with Crippen LogP contribution in [0.1, 0.15) is 39.0 Å². The summed E-state index contributed by atoms with van der Waals surface area (Å²) in [6.07, 6.45) is 6.18. The van der Waals surface area contributed by atoms with Crippen LogP contribution in [0.4, 0.5) is 10.1 Å². The van der Waals surface area contributed by atoms with Gasteiger partial charge in [0.15, 0.2) is 0 Å². The summed E-state index contributed by atoms with van der Waals surface area (Å²) < 4.78 is 14.6. The lowest BCUT2D eigenvalue weighted by Crippen LogP contribution is -2.63. The van der Waals surface area contributed by atoms with Gasteiger partial charge in [0.25, 0.3) is 0 Å². The predicted octanol–water partition coefficient (Wildman–Crippen LogP) is 4.09. The summed E-state index contributed by atoms with van der Waals surface area (Å²) in [5, 5.41) is 3.78. The van der Waals surface area contributed by atoms with Crippen molar-refractivity contribution in [2.75, 3.05) is 18.0 Å². The number of benzene rings is 1. The molecule has 110 valence electrons. The Labute approximate surface area is 128 Å². The van der Waals surface area contributed by atoms with Crippen LogP contribution in [-0.2, 0) is 0 Å². The highest BCUT2D eigenvalue weighted by atomic mass is 79.9. The lowest BCUT2D eigenvalue weighted by molar-refractivity contribution is 0.267. The van der Waals surface area contributed by atoms with E-state index in [-0.39, 0.29) is 11.4 Å². The number of nitrogens with zero attached hydrogens (tertiary/aromatic N) is 1. The molecule has 20 heavy (non-hydrogen) atoms. The number of hydrogen-bond donors (Lipinski definition) is 1. The fourth-order valence-electron chi connectivity index (χ4n) is 3.69. The van der Waals surface area contributed by atoms with E-state index in [1.807, 2.05) is 6.07 Å². The third-order valence-electron chi connectivity index (χ3n) is 4.88. The average Bonchev–Trinajstić information content (AvgIpc) is 2.90. The molecule has 1 saturated carbocycles. The lowest BCUT2D eigenvalue weighted by Gasteiger charge is -2.47. The standard InChI is InChI=1S/C16H22BrFN2/c1-2-13-10-19-16(7-3-4-8-16)11-20(13)15-9-12(18)5-6-14(15)17/h5-6,9,13,19H,2-4,7-8,10-11H2,1H3. The molecule has 2 nitrogen and oxygen atoms in total. The van der Waals surface area contributed by atoms with Crippen LogP contribution in [0.25, 0.3) is 0 Å². The highest BCUT2D eigenvalue weighted by Gasteiger charge is 2.41. The van der Waals surface area contributed by atoms with Crippen molar-refractivity contribution in [1.82, 2.24) is 5.32 Å². The minimum atomic E-state index is -0.156. The zero-order valence-corrected chi connectivity index (χ0v) is 13.5. The van der Waals surface area contributed by atoms with Gasteiger partial charge in [-0.05, 0) is 53.4 Å². The summed E-state index contributed by atoms with van der Waals surface area (Å²) in [6.45, 7) is 4.20. The van der Waals surface area contributed by atoms with E-state index in [4.69, 9.17) is 0 Å². The van der Waals surface area contributed by atoms with Crippen LogP contribution in [0.5, 0.6) is 0 Å². The molecule has 1 aromatic rings. The topological polar surface area (TPSA) is 15.3 Å². The fraction of sp³-hybridized carbons (Fsp3) is 0.625. The molecule has 1 heterocycles.